The van der Waals surface area contributed by atoms with Gasteiger partial charge in [-0.1, -0.05) is 23.2 Å². The lowest BCUT2D eigenvalue weighted by Gasteiger charge is -2.11. The highest BCUT2D eigenvalue weighted by Crippen LogP contribution is 2.26. The molecule has 2 N–H and O–H groups in total. The summed E-state index contributed by atoms with van der Waals surface area (Å²) in [5.74, 6) is -0.654. The van der Waals surface area contributed by atoms with Gasteiger partial charge < -0.3 is 10.6 Å². The van der Waals surface area contributed by atoms with Crippen LogP contribution in [0.4, 0.5) is 18.9 Å². The van der Waals surface area contributed by atoms with Gasteiger partial charge in [-0.05, 0) is 18.6 Å². The topological polar surface area (TPSA) is 54.0 Å². The number of aryl methyl sites for hydroxylation is 1. The molecular weight excluding hydrogens is 306 g/mol. The first-order chi connectivity index (χ1) is 8.69. The second kappa shape index (κ2) is 6.40. The first-order valence-electron chi connectivity index (χ1n) is 5.09. The predicted octanol–water partition coefficient (Wildman–Crippen LogP) is 2.79. The van der Waals surface area contributed by atoms with E-state index in [1.54, 1.807) is 6.92 Å². The van der Waals surface area contributed by atoms with Crippen molar-refractivity contribution in [1.29, 1.82) is 0 Å². The van der Waals surface area contributed by atoms with Gasteiger partial charge in [0.25, 0.3) is 0 Å². The van der Waals surface area contributed by atoms with E-state index in [2.05, 4.69) is 10.3 Å². The summed E-state index contributed by atoms with van der Waals surface area (Å²) in [6.07, 6.45) is -4.37. The molecule has 106 valence electrons. The van der Waals surface area contributed by atoms with Gasteiger partial charge in [-0.3, -0.25) is 4.79 Å². The van der Waals surface area contributed by atoms with Crippen LogP contribution < -0.4 is 10.6 Å². The first-order valence-corrected chi connectivity index (χ1v) is 5.84. The first kappa shape index (κ1) is 16.0. The maximum absolute atomic E-state index is 11.9. The third-order valence-corrected chi connectivity index (χ3v) is 2.48. The molecule has 1 amide bonds. The summed E-state index contributed by atoms with van der Waals surface area (Å²) >= 11 is 11.4. The smallest absolute Gasteiger partial charge is 0.322 e. The number of alkyl halides is 3. The van der Waals surface area contributed by atoms with Crippen LogP contribution in [0.5, 0.6) is 0 Å². The zero-order valence-electron chi connectivity index (χ0n) is 9.74. The van der Waals surface area contributed by atoms with E-state index in [0.29, 0.717) is 5.56 Å². The SMILES string of the molecule is Cc1cc(Cl)nc(Cl)c1NC(=O)CNCC(F)(F)F. The van der Waals surface area contributed by atoms with Crippen molar-refractivity contribution >= 4 is 34.8 Å². The standard InChI is InChI=1S/C10H10Cl2F3N3O/c1-5-2-6(11)17-9(12)8(5)18-7(19)3-16-4-10(13,14)15/h2,16H,3-4H2,1H3,(H,18,19). The quantitative estimate of drug-likeness (QED) is 0.840. The van der Waals surface area contributed by atoms with Gasteiger partial charge in [-0.25, -0.2) is 4.98 Å². The molecule has 1 rings (SSSR count). The Balaban J connectivity index is 2.58. The van der Waals surface area contributed by atoms with E-state index in [-0.39, 0.29) is 16.0 Å². The van der Waals surface area contributed by atoms with Crippen molar-refractivity contribution in [3.05, 3.63) is 21.9 Å². The molecule has 0 spiro atoms. The van der Waals surface area contributed by atoms with Crippen molar-refractivity contribution in [2.24, 2.45) is 0 Å². The van der Waals surface area contributed by atoms with Gasteiger partial charge in [0, 0.05) is 0 Å². The Bertz CT molecular complexity index is 457. The van der Waals surface area contributed by atoms with E-state index in [4.69, 9.17) is 23.2 Å². The summed E-state index contributed by atoms with van der Waals surface area (Å²) in [5.41, 5.74) is 0.791. The number of hydrogen-bond donors (Lipinski definition) is 2. The number of amides is 1. The highest BCUT2D eigenvalue weighted by atomic mass is 35.5. The van der Waals surface area contributed by atoms with Crippen molar-refractivity contribution in [3.8, 4) is 0 Å². The monoisotopic (exact) mass is 315 g/mol. The minimum Gasteiger partial charge on any atom is -0.322 e. The fourth-order valence-corrected chi connectivity index (χ4v) is 1.83. The van der Waals surface area contributed by atoms with E-state index in [1.165, 1.54) is 6.07 Å². The van der Waals surface area contributed by atoms with Gasteiger partial charge in [-0.15, -0.1) is 0 Å². The number of halogens is 5. The molecular formula is C10H10Cl2F3N3O. The van der Waals surface area contributed by atoms with Gasteiger partial charge in [0.1, 0.15) is 5.15 Å². The zero-order chi connectivity index (χ0) is 14.6. The summed E-state index contributed by atoms with van der Waals surface area (Å²) in [6, 6.07) is 1.48. The van der Waals surface area contributed by atoms with Crippen LogP contribution >= 0.6 is 23.2 Å². The Kier molecular flexibility index (Phi) is 5.39. The molecule has 19 heavy (non-hydrogen) atoms. The molecule has 9 heteroatoms. The van der Waals surface area contributed by atoms with Crippen molar-refractivity contribution < 1.29 is 18.0 Å². The molecule has 1 aromatic rings. The normalized spacial score (nSPS) is 11.5. The molecule has 0 aliphatic rings. The molecule has 0 saturated heterocycles. The molecule has 0 atom stereocenters. The lowest BCUT2D eigenvalue weighted by Crippen LogP contribution is -2.35. The maximum atomic E-state index is 11.9. The Labute approximate surface area is 117 Å². The van der Waals surface area contributed by atoms with Crippen LogP contribution in [0.25, 0.3) is 0 Å². The van der Waals surface area contributed by atoms with E-state index >= 15 is 0 Å². The molecule has 4 nitrogen and oxygen atoms in total. The fourth-order valence-electron chi connectivity index (χ4n) is 1.25. The summed E-state index contributed by atoms with van der Waals surface area (Å²) < 4.78 is 35.6. The van der Waals surface area contributed by atoms with E-state index in [0.717, 1.165) is 0 Å². The Morgan fingerprint density at radius 1 is 1.42 bits per heavy atom. The summed E-state index contributed by atoms with van der Waals surface area (Å²) in [4.78, 5) is 15.2. The van der Waals surface area contributed by atoms with Crippen molar-refractivity contribution in [1.82, 2.24) is 10.3 Å². The van der Waals surface area contributed by atoms with Gasteiger partial charge in [0.15, 0.2) is 5.15 Å². The number of nitrogens with one attached hydrogen (secondary N) is 2. The molecule has 0 radical (unpaired) electrons. The number of pyridine rings is 1. The van der Waals surface area contributed by atoms with E-state index in [9.17, 15) is 18.0 Å². The van der Waals surface area contributed by atoms with E-state index in [1.807, 2.05) is 5.32 Å². The lowest BCUT2D eigenvalue weighted by molar-refractivity contribution is -0.126. The summed E-state index contributed by atoms with van der Waals surface area (Å²) in [5, 5.41) is 4.48. The molecule has 1 heterocycles. The predicted molar refractivity (Wildman–Crippen MR) is 66.5 cm³/mol. The number of rotatable bonds is 4. The van der Waals surface area contributed by atoms with Gasteiger partial charge in [0.2, 0.25) is 5.91 Å². The molecule has 1 aromatic heterocycles. The molecule has 0 fully saturated rings. The summed E-state index contributed by atoms with van der Waals surface area (Å²) in [6.45, 7) is -0.0951. The minimum atomic E-state index is -4.37. The maximum Gasteiger partial charge on any atom is 0.401 e. The van der Waals surface area contributed by atoms with Crippen LogP contribution in [0.2, 0.25) is 10.3 Å². The van der Waals surface area contributed by atoms with Crippen LogP contribution in [-0.2, 0) is 4.79 Å². The third-order valence-electron chi connectivity index (χ3n) is 2.02. The molecule has 0 aliphatic carbocycles. The lowest BCUT2D eigenvalue weighted by atomic mass is 10.2. The van der Waals surface area contributed by atoms with Gasteiger partial charge in [0.05, 0.1) is 18.8 Å². The zero-order valence-corrected chi connectivity index (χ0v) is 11.2. The molecule has 0 bridgehead atoms. The highest BCUT2D eigenvalue weighted by molar-refractivity contribution is 6.34. The van der Waals surface area contributed by atoms with Gasteiger partial charge in [-0.2, -0.15) is 13.2 Å². The van der Waals surface area contributed by atoms with Crippen LogP contribution in [0.1, 0.15) is 5.56 Å². The molecule has 0 aromatic carbocycles. The Hall–Kier alpha value is -1.05. The van der Waals surface area contributed by atoms with Crippen molar-refractivity contribution in [2.45, 2.75) is 13.1 Å². The van der Waals surface area contributed by atoms with Crippen LogP contribution in [0.15, 0.2) is 6.07 Å². The minimum absolute atomic E-state index is 0.0193. The molecule has 0 aliphatic heterocycles. The van der Waals surface area contributed by atoms with Gasteiger partial charge >= 0.3 is 6.18 Å². The Morgan fingerprint density at radius 3 is 2.58 bits per heavy atom. The number of carbonyl (C=O) groups excluding carboxylic acids is 1. The second-order valence-corrected chi connectivity index (χ2v) is 4.44. The number of hydrogen-bond acceptors (Lipinski definition) is 3. The number of carbonyl (C=O) groups is 1. The fraction of sp³-hybridized carbons (Fsp3) is 0.400. The van der Waals surface area contributed by atoms with Crippen LogP contribution in [-0.4, -0.2) is 30.2 Å². The highest BCUT2D eigenvalue weighted by Gasteiger charge is 2.26. The van der Waals surface area contributed by atoms with Crippen LogP contribution in [0, 0.1) is 6.92 Å². The third kappa shape index (κ3) is 5.63. The number of nitrogens with zero attached hydrogens (tertiary/aromatic N) is 1. The Morgan fingerprint density at radius 2 is 2.05 bits per heavy atom. The second-order valence-electron chi connectivity index (χ2n) is 3.69. The van der Waals surface area contributed by atoms with E-state index < -0.39 is 25.2 Å². The molecule has 0 saturated carbocycles. The van der Waals surface area contributed by atoms with Crippen LogP contribution in [0.3, 0.4) is 0 Å². The molecule has 0 unspecified atom stereocenters. The summed E-state index contributed by atoms with van der Waals surface area (Å²) in [7, 11) is 0. The number of anilines is 1. The average Bonchev–Trinajstić information content (AvgIpc) is 2.21. The number of aromatic nitrogens is 1. The van der Waals surface area contributed by atoms with Crippen molar-refractivity contribution in [2.75, 3.05) is 18.4 Å². The average molecular weight is 316 g/mol. The largest absolute Gasteiger partial charge is 0.401 e. The van der Waals surface area contributed by atoms with Crippen molar-refractivity contribution in [3.63, 3.8) is 0 Å².